The Labute approximate surface area is 145 Å². The Bertz CT molecular complexity index is 623. The Balaban J connectivity index is 1.44. The summed E-state index contributed by atoms with van der Waals surface area (Å²) < 4.78 is 5.53. The first-order valence-electron chi connectivity index (χ1n) is 8.99. The first kappa shape index (κ1) is 17.2. The molecule has 4 nitrogen and oxygen atoms in total. The van der Waals surface area contributed by atoms with Gasteiger partial charge >= 0.3 is 0 Å². The predicted octanol–water partition coefficient (Wildman–Crippen LogP) is 3.75. The number of nitrogens with zero attached hydrogens (tertiary/aromatic N) is 3. The van der Waals surface area contributed by atoms with E-state index in [1.165, 1.54) is 25.1 Å². The second-order valence-corrected chi connectivity index (χ2v) is 7.40. The minimum atomic E-state index is 0.352. The average Bonchev–Trinajstić information content (AvgIpc) is 3.18. The van der Waals surface area contributed by atoms with Crippen LogP contribution in [0.15, 0.2) is 41.0 Å². The zero-order valence-corrected chi connectivity index (χ0v) is 15.1. The van der Waals surface area contributed by atoms with Crippen LogP contribution in [0.3, 0.4) is 0 Å². The van der Waals surface area contributed by atoms with Crippen molar-refractivity contribution in [3.05, 3.63) is 53.7 Å². The van der Waals surface area contributed by atoms with Gasteiger partial charge in [-0.1, -0.05) is 44.2 Å². The maximum absolute atomic E-state index is 5.53. The molecule has 3 rings (SSSR count). The van der Waals surface area contributed by atoms with Crippen molar-refractivity contribution in [3.63, 3.8) is 0 Å². The Morgan fingerprint density at radius 2 is 2.08 bits per heavy atom. The molecule has 24 heavy (non-hydrogen) atoms. The second kappa shape index (κ2) is 7.95. The fourth-order valence-electron chi connectivity index (χ4n) is 3.49. The van der Waals surface area contributed by atoms with Crippen LogP contribution in [-0.2, 0) is 13.1 Å². The summed E-state index contributed by atoms with van der Waals surface area (Å²) in [5.41, 5.74) is 2.45. The van der Waals surface area contributed by atoms with Crippen LogP contribution in [0.25, 0.3) is 0 Å². The van der Waals surface area contributed by atoms with Gasteiger partial charge in [0.2, 0.25) is 0 Å². The molecule has 1 unspecified atom stereocenters. The molecule has 0 aliphatic carbocycles. The van der Waals surface area contributed by atoms with Crippen LogP contribution in [0.5, 0.6) is 0 Å². The average molecular weight is 327 g/mol. The minimum Gasteiger partial charge on any atom is -0.448 e. The lowest BCUT2D eigenvalue weighted by Gasteiger charge is -2.20. The molecule has 1 saturated heterocycles. The molecule has 130 valence electrons. The fraction of sp³-hybridized carbons (Fsp3) is 0.550. The Morgan fingerprint density at radius 1 is 1.29 bits per heavy atom. The lowest BCUT2D eigenvalue weighted by molar-refractivity contribution is 0.253. The summed E-state index contributed by atoms with van der Waals surface area (Å²) in [4.78, 5) is 9.52. The Morgan fingerprint density at radius 3 is 2.79 bits per heavy atom. The summed E-state index contributed by atoms with van der Waals surface area (Å²) in [6.45, 7) is 9.67. The van der Waals surface area contributed by atoms with Crippen molar-refractivity contribution in [2.45, 2.75) is 39.3 Å². The molecular formula is C20H29N3O. The van der Waals surface area contributed by atoms with Gasteiger partial charge in [0.25, 0.3) is 0 Å². The van der Waals surface area contributed by atoms with Crippen molar-refractivity contribution in [2.24, 2.45) is 5.92 Å². The van der Waals surface area contributed by atoms with Crippen molar-refractivity contribution in [3.8, 4) is 0 Å². The molecule has 1 aliphatic rings. The van der Waals surface area contributed by atoms with Crippen LogP contribution in [0, 0.1) is 5.92 Å². The highest BCUT2D eigenvalue weighted by atomic mass is 16.3. The molecular weight excluding hydrogens is 298 g/mol. The van der Waals surface area contributed by atoms with Gasteiger partial charge in [0.05, 0.1) is 5.69 Å². The molecule has 1 aromatic heterocycles. The van der Waals surface area contributed by atoms with Gasteiger partial charge in [-0.15, -0.1) is 0 Å². The van der Waals surface area contributed by atoms with Gasteiger partial charge in [0, 0.05) is 32.1 Å². The second-order valence-electron chi connectivity index (χ2n) is 7.40. The number of hydrogen-bond donors (Lipinski definition) is 0. The van der Waals surface area contributed by atoms with E-state index in [1.54, 1.807) is 0 Å². The lowest BCUT2D eigenvalue weighted by Crippen LogP contribution is -2.28. The quantitative estimate of drug-likeness (QED) is 0.775. The number of likely N-dealkylation sites (tertiary alicyclic amines) is 1. The molecule has 2 aromatic rings. The molecule has 1 fully saturated rings. The van der Waals surface area contributed by atoms with Gasteiger partial charge in [-0.05, 0) is 31.5 Å². The van der Waals surface area contributed by atoms with E-state index < -0.39 is 0 Å². The van der Waals surface area contributed by atoms with Crippen LogP contribution < -0.4 is 0 Å². The van der Waals surface area contributed by atoms with E-state index in [1.807, 2.05) is 6.26 Å². The summed E-state index contributed by atoms with van der Waals surface area (Å²) >= 11 is 0. The van der Waals surface area contributed by atoms with Crippen LogP contribution in [0.1, 0.15) is 43.3 Å². The third-order valence-electron chi connectivity index (χ3n) is 4.68. The minimum absolute atomic E-state index is 0.352. The zero-order valence-electron chi connectivity index (χ0n) is 15.1. The number of oxazole rings is 1. The molecule has 1 atom stereocenters. The fourth-order valence-corrected chi connectivity index (χ4v) is 3.49. The third kappa shape index (κ3) is 4.68. The van der Waals surface area contributed by atoms with Gasteiger partial charge in [0.15, 0.2) is 5.89 Å². The van der Waals surface area contributed by atoms with E-state index in [2.05, 4.69) is 66.0 Å². The van der Waals surface area contributed by atoms with E-state index in [0.717, 1.165) is 37.1 Å². The standard InChI is InChI=1S/C20H29N3O/c1-16(2)20-21-19(15-24-20)14-22(3)11-18-9-10-23(13-18)12-17-7-5-4-6-8-17/h4-8,15-16,18H,9-14H2,1-3H3. The highest BCUT2D eigenvalue weighted by Crippen LogP contribution is 2.20. The van der Waals surface area contributed by atoms with Gasteiger partial charge in [0.1, 0.15) is 6.26 Å². The monoisotopic (exact) mass is 327 g/mol. The maximum Gasteiger partial charge on any atom is 0.196 e. The zero-order chi connectivity index (χ0) is 16.9. The van der Waals surface area contributed by atoms with E-state index in [0.29, 0.717) is 5.92 Å². The number of aromatic nitrogens is 1. The number of hydrogen-bond acceptors (Lipinski definition) is 4. The van der Waals surface area contributed by atoms with E-state index >= 15 is 0 Å². The summed E-state index contributed by atoms with van der Waals surface area (Å²) in [5, 5.41) is 0. The molecule has 0 amide bonds. The van der Waals surface area contributed by atoms with Crippen LogP contribution >= 0.6 is 0 Å². The van der Waals surface area contributed by atoms with E-state index in [9.17, 15) is 0 Å². The largest absolute Gasteiger partial charge is 0.448 e. The van der Waals surface area contributed by atoms with Gasteiger partial charge in [-0.3, -0.25) is 4.90 Å². The van der Waals surface area contributed by atoms with Crippen LogP contribution in [0.2, 0.25) is 0 Å². The van der Waals surface area contributed by atoms with Gasteiger partial charge in [-0.2, -0.15) is 0 Å². The molecule has 1 aliphatic heterocycles. The van der Waals surface area contributed by atoms with Crippen molar-refractivity contribution in [1.29, 1.82) is 0 Å². The SMILES string of the molecule is CC(C)c1nc(CN(C)CC2CCN(Cc3ccccc3)C2)co1. The third-order valence-corrected chi connectivity index (χ3v) is 4.68. The normalized spacial score (nSPS) is 18.8. The summed E-state index contributed by atoms with van der Waals surface area (Å²) in [7, 11) is 2.18. The van der Waals surface area contributed by atoms with Crippen molar-refractivity contribution in [2.75, 3.05) is 26.7 Å². The molecule has 0 N–H and O–H groups in total. The highest BCUT2D eigenvalue weighted by molar-refractivity contribution is 5.14. The Kier molecular flexibility index (Phi) is 5.69. The highest BCUT2D eigenvalue weighted by Gasteiger charge is 2.23. The molecule has 0 saturated carbocycles. The lowest BCUT2D eigenvalue weighted by atomic mass is 10.1. The summed E-state index contributed by atoms with van der Waals surface area (Å²) in [6, 6.07) is 10.8. The molecule has 4 heteroatoms. The van der Waals surface area contributed by atoms with Gasteiger partial charge in [-0.25, -0.2) is 4.98 Å². The van der Waals surface area contributed by atoms with Gasteiger partial charge < -0.3 is 9.32 Å². The molecule has 0 bridgehead atoms. The molecule has 0 radical (unpaired) electrons. The van der Waals surface area contributed by atoms with Crippen LogP contribution in [-0.4, -0.2) is 41.5 Å². The first-order valence-corrected chi connectivity index (χ1v) is 8.99. The summed E-state index contributed by atoms with van der Waals surface area (Å²) in [6.07, 6.45) is 3.09. The maximum atomic E-state index is 5.53. The van der Waals surface area contributed by atoms with Crippen molar-refractivity contribution >= 4 is 0 Å². The number of rotatable bonds is 7. The van der Waals surface area contributed by atoms with Crippen molar-refractivity contribution in [1.82, 2.24) is 14.8 Å². The Hall–Kier alpha value is -1.65. The predicted molar refractivity (Wildman–Crippen MR) is 96.8 cm³/mol. The van der Waals surface area contributed by atoms with E-state index in [-0.39, 0.29) is 0 Å². The summed E-state index contributed by atoms with van der Waals surface area (Å²) in [5.74, 6) is 1.94. The molecule has 1 aromatic carbocycles. The van der Waals surface area contributed by atoms with Crippen molar-refractivity contribution < 1.29 is 4.42 Å². The van der Waals surface area contributed by atoms with E-state index in [4.69, 9.17) is 4.42 Å². The molecule has 0 spiro atoms. The van der Waals surface area contributed by atoms with Crippen LogP contribution in [0.4, 0.5) is 0 Å². The number of benzene rings is 1. The first-order chi connectivity index (χ1) is 11.6. The molecule has 2 heterocycles. The smallest absolute Gasteiger partial charge is 0.196 e. The topological polar surface area (TPSA) is 32.5 Å².